The van der Waals surface area contributed by atoms with Gasteiger partial charge in [0.15, 0.2) is 0 Å². The number of nitrogens with one attached hydrogen (secondary N) is 2. The summed E-state index contributed by atoms with van der Waals surface area (Å²) in [5.41, 5.74) is 4.06. The summed E-state index contributed by atoms with van der Waals surface area (Å²) < 4.78 is 1.45. The second-order valence-corrected chi connectivity index (χ2v) is 7.39. The fourth-order valence-corrected chi connectivity index (χ4v) is 3.51. The van der Waals surface area contributed by atoms with Crippen molar-refractivity contribution < 1.29 is 14.7 Å². The molecule has 31 heavy (non-hydrogen) atoms. The average Bonchev–Trinajstić information content (AvgIpc) is 3.23. The molecule has 0 radical (unpaired) electrons. The van der Waals surface area contributed by atoms with Crippen LogP contribution < -0.4 is 10.9 Å². The van der Waals surface area contributed by atoms with Crippen molar-refractivity contribution in [1.82, 2.24) is 14.7 Å². The average molecular weight is 415 g/mol. The Morgan fingerprint density at radius 1 is 1.03 bits per heavy atom. The van der Waals surface area contributed by atoms with E-state index in [1.54, 1.807) is 18.2 Å². The van der Waals surface area contributed by atoms with Crippen molar-refractivity contribution in [2.75, 3.05) is 0 Å². The molecule has 4 rings (SSSR count). The van der Waals surface area contributed by atoms with Crippen molar-refractivity contribution >= 4 is 17.5 Å². The number of benzene rings is 2. The van der Waals surface area contributed by atoms with Crippen LogP contribution >= 0.6 is 0 Å². The number of hydrogen-bond acceptors (Lipinski definition) is 3. The second kappa shape index (κ2) is 8.31. The Hall–Kier alpha value is -4.13. The van der Waals surface area contributed by atoms with Gasteiger partial charge in [-0.2, -0.15) is 0 Å². The second-order valence-electron chi connectivity index (χ2n) is 7.39. The predicted octanol–water partition coefficient (Wildman–Crippen LogP) is 3.16. The number of nitrogens with zero attached hydrogens (tertiary/aromatic N) is 1. The van der Waals surface area contributed by atoms with Gasteiger partial charge in [0.2, 0.25) is 0 Å². The molecule has 0 aliphatic heterocycles. The number of carboxylic acid groups (broad SMARTS) is 1. The number of aromatic amines is 1. The summed E-state index contributed by atoms with van der Waals surface area (Å²) in [6.45, 7) is 2.26. The lowest BCUT2D eigenvalue weighted by molar-refractivity contribution is 0.0696. The molecular weight excluding hydrogens is 394 g/mol. The zero-order valence-electron chi connectivity index (χ0n) is 16.9. The highest BCUT2D eigenvalue weighted by Crippen LogP contribution is 2.14. The van der Waals surface area contributed by atoms with Gasteiger partial charge < -0.3 is 15.4 Å². The summed E-state index contributed by atoms with van der Waals surface area (Å²) >= 11 is 0. The normalized spacial score (nSPS) is 10.9. The molecule has 0 aliphatic rings. The first-order valence-corrected chi connectivity index (χ1v) is 9.80. The molecule has 2 aromatic heterocycles. The highest BCUT2D eigenvalue weighted by molar-refractivity contribution is 5.93. The van der Waals surface area contributed by atoms with Gasteiger partial charge in [-0.25, -0.2) is 4.79 Å². The van der Waals surface area contributed by atoms with E-state index in [-0.39, 0.29) is 17.0 Å². The van der Waals surface area contributed by atoms with Gasteiger partial charge in [-0.15, -0.1) is 0 Å². The third-order valence-corrected chi connectivity index (χ3v) is 5.15. The Labute approximate surface area is 178 Å². The van der Waals surface area contributed by atoms with Gasteiger partial charge in [0.1, 0.15) is 11.3 Å². The van der Waals surface area contributed by atoms with Crippen molar-refractivity contribution in [3.05, 3.63) is 111 Å². The van der Waals surface area contributed by atoms with Gasteiger partial charge in [-0.1, -0.05) is 42.5 Å². The maximum absolute atomic E-state index is 13.0. The number of aromatic carboxylic acids is 1. The van der Waals surface area contributed by atoms with E-state index in [4.69, 9.17) is 5.11 Å². The minimum Gasteiger partial charge on any atom is -0.478 e. The summed E-state index contributed by atoms with van der Waals surface area (Å²) in [7, 11) is 0. The predicted molar refractivity (Wildman–Crippen MR) is 117 cm³/mol. The highest BCUT2D eigenvalue weighted by Gasteiger charge is 2.15. The molecule has 156 valence electrons. The summed E-state index contributed by atoms with van der Waals surface area (Å²) in [5, 5.41) is 11.9. The SMILES string of the molecule is Cc1cc(Cc2ccc(C(=O)O)cc2)c(=O)n2cc(C(=O)NCc3ccccc3)[nH]c12. The summed E-state index contributed by atoms with van der Waals surface area (Å²) in [6, 6.07) is 17.8. The number of amides is 1. The van der Waals surface area contributed by atoms with Gasteiger partial charge in [0, 0.05) is 24.7 Å². The summed E-state index contributed by atoms with van der Waals surface area (Å²) in [4.78, 5) is 39.6. The molecule has 7 nitrogen and oxygen atoms in total. The molecule has 0 saturated heterocycles. The minimum absolute atomic E-state index is 0.198. The van der Waals surface area contributed by atoms with Crippen molar-refractivity contribution in [2.45, 2.75) is 19.9 Å². The largest absolute Gasteiger partial charge is 0.478 e. The van der Waals surface area contributed by atoms with Gasteiger partial charge in [-0.05, 0) is 41.8 Å². The fourth-order valence-electron chi connectivity index (χ4n) is 3.51. The molecule has 7 heteroatoms. The molecule has 0 atom stereocenters. The van der Waals surface area contributed by atoms with Crippen molar-refractivity contribution in [1.29, 1.82) is 0 Å². The van der Waals surface area contributed by atoms with Crippen LogP contribution in [0.15, 0.2) is 71.7 Å². The molecule has 2 aromatic carbocycles. The highest BCUT2D eigenvalue weighted by atomic mass is 16.4. The number of rotatable bonds is 6. The number of H-pyrrole nitrogens is 1. The zero-order valence-corrected chi connectivity index (χ0v) is 16.9. The van der Waals surface area contributed by atoms with Crippen molar-refractivity contribution in [3.8, 4) is 0 Å². The Morgan fingerprint density at radius 3 is 2.42 bits per heavy atom. The number of fused-ring (bicyclic) bond motifs is 1. The van der Waals surface area contributed by atoms with Crippen LogP contribution in [0.5, 0.6) is 0 Å². The van der Waals surface area contributed by atoms with Crippen LogP contribution in [-0.4, -0.2) is 26.4 Å². The Bertz CT molecular complexity index is 1320. The Kier molecular flexibility index (Phi) is 5.41. The van der Waals surface area contributed by atoms with Crippen molar-refractivity contribution in [3.63, 3.8) is 0 Å². The molecule has 2 heterocycles. The van der Waals surface area contributed by atoms with E-state index in [0.29, 0.717) is 29.9 Å². The van der Waals surface area contributed by atoms with E-state index in [0.717, 1.165) is 16.7 Å². The molecular formula is C24H21N3O4. The number of carbonyl (C=O) groups excluding carboxylic acids is 1. The molecule has 0 unspecified atom stereocenters. The van der Waals surface area contributed by atoms with Gasteiger partial charge in [0.25, 0.3) is 11.5 Å². The monoisotopic (exact) mass is 415 g/mol. The molecule has 1 amide bonds. The topological polar surface area (TPSA) is 104 Å². The van der Waals surface area contributed by atoms with Crippen LogP contribution in [0.3, 0.4) is 0 Å². The number of pyridine rings is 1. The smallest absolute Gasteiger partial charge is 0.335 e. The van der Waals surface area contributed by atoms with E-state index >= 15 is 0 Å². The van der Waals surface area contributed by atoms with Crippen LogP contribution in [0.1, 0.15) is 43.1 Å². The molecule has 4 aromatic rings. The number of carboxylic acids is 1. The first-order chi connectivity index (χ1) is 14.9. The zero-order chi connectivity index (χ0) is 22.0. The lowest BCUT2D eigenvalue weighted by Crippen LogP contribution is -2.23. The van der Waals surface area contributed by atoms with E-state index < -0.39 is 5.97 Å². The quantitative estimate of drug-likeness (QED) is 0.450. The van der Waals surface area contributed by atoms with Crippen LogP contribution in [0.25, 0.3) is 5.65 Å². The number of aryl methyl sites for hydroxylation is 1. The maximum atomic E-state index is 13.0. The lowest BCUT2D eigenvalue weighted by atomic mass is 10.0. The standard InChI is InChI=1S/C24H21N3O4/c1-15-11-19(12-16-7-9-18(10-8-16)24(30)31)23(29)27-14-20(26-21(15)27)22(28)25-13-17-5-3-2-4-6-17/h2-11,14,26H,12-13H2,1H3,(H,25,28)(H,30,31). The van der Waals surface area contributed by atoms with Crippen LogP contribution in [0.2, 0.25) is 0 Å². The van der Waals surface area contributed by atoms with Crippen LogP contribution in [0, 0.1) is 6.92 Å². The Morgan fingerprint density at radius 2 is 1.74 bits per heavy atom. The number of hydrogen-bond donors (Lipinski definition) is 3. The summed E-state index contributed by atoms with van der Waals surface area (Å²) in [5.74, 6) is -1.29. The lowest BCUT2D eigenvalue weighted by Gasteiger charge is -2.05. The van der Waals surface area contributed by atoms with Crippen LogP contribution in [-0.2, 0) is 13.0 Å². The molecule has 3 N–H and O–H groups in total. The van der Waals surface area contributed by atoms with E-state index in [9.17, 15) is 14.4 Å². The van der Waals surface area contributed by atoms with Crippen LogP contribution in [0.4, 0.5) is 0 Å². The summed E-state index contributed by atoms with van der Waals surface area (Å²) in [6.07, 6.45) is 1.88. The maximum Gasteiger partial charge on any atom is 0.335 e. The minimum atomic E-state index is -0.991. The Balaban J connectivity index is 1.58. The molecule has 0 saturated carbocycles. The first kappa shape index (κ1) is 20.2. The van der Waals surface area contributed by atoms with E-state index in [2.05, 4.69) is 10.3 Å². The fraction of sp³-hybridized carbons (Fsp3) is 0.125. The third-order valence-electron chi connectivity index (χ3n) is 5.15. The number of aromatic nitrogens is 2. The van der Waals surface area contributed by atoms with E-state index in [1.165, 1.54) is 22.7 Å². The molecule has 0 spiro atoms. The van der Waals surface area contributed by atoms with Gasteiger partial charge >= 0.3 is 5.97 Å². The number of imidazole rings is 1. The molecule has 0 aliphatic carbocycles. The van der Waals surface area contributed by atoms with Crippen molar-refractivity contribution in [2.24, 2.45) is 0 Å². The number of carbonyl (C=O) groups is 2. The van der Waals surface area contributed by atoms with E-state index in [1.807, 2.05) is 37.3 Å². The third kappa shape index (κ3) is 4.25. The van der Waals surface area contributed by atoms with Gasteiger partial charge in [-0.3, -0.25) is 14.0 Å². The first-order valence-electron chi connectivity index (χ1n) is 9.80. The van der Waals surface area contributed by atoms with Gasteiger partial charge in [0.05, 0.1) is 5.56 Å². The molecule has 0 bridgehead atoms. The molecule has 0 fully saturated rings.